The van der Waals surface area contributed by atoms with Crippen LogP contribution in [0.25, 0.3) is 0 Å². The van der Waals surface area contributed by atoms with E-state index in [-0.39, 0.29) is 16.5 Å². The lowest BCUT2D eigenvalue weighted by atomic mass is 10.1. The molecule has 1 amide bonds. The molecule has 0 saturated heterocycles. The van der Waals surface area contributed by atoms with Gasteiger partial charge in [0.2, 0.25) is 12.1 Å². The van der Waals surface area contributed by atoms with Gasteiger partial charge in [0.15, 0.2) is 6.20 Å². The van der Waals surface area contributed by atoms with E-state index in [2.05, 4.69) is 10.3 Å². The zero-order valence-corrected chi connectivity index (χ0v) is 16.0. The summed E-state index contributed by atoms with van der Waals surface area (Å²) in [5.74, 6) is -0.880. The molecule has 0 unspecified atom stereocenters. The second-order valence-corrected chi connectivity index (χ2v) is 6.29. The van der Waals surface area contributed by atoms with Gasteiger partial charge in [-0.05, 0) is 24.3 Å². The number of ether oxygens (including phenoxy) is 2. The Morgan fingerprint density at radius 1 is 1.27 bits per heavy atom. The number of carbonyl (C=O) groups is 1. The molecule has 2 aromatic heterocycles. The maximum atomic E-state index is 13.1. The predicted molar refractivity (Wildman–Crippen MR) is 101 cm³/mol. The summed E-state index contributed by atoms with van der Waals surface area (Å²) in [6.07, 6.45) is -1.97. The topological polar surface area (TPSA) is 87.4 Å². The van der Waals surface area contributed by atoms with Gasteiger partial charge in [-0.15, -0.1) is 0 Å². The molecule has 0 radical (unpaired) electrons. The van der Waals surface area contributed by atoms with Crippen molar-refractivity contribution < 1.29 is 32.2 Å². The van der Waals surface area contributed by atoms with Gasteiger partial charge in [-0.3, -0.25) is 4.79 Å². The molecule has 0 aliphatic heterocycles. The number of hydrogen-bond acceptors (Lipinski definition) is 5. The lowest BCUT2D eigenvalue weighted by Gasteiger charge is -2.14. The number of alkyl halides is 3. The van der Waals surface area contributed by atoms with Crippen molar-refractivity contribution in [3.8, 4) is 17.4 Å². The summed E-state index contributed by atoms with van der Waals surface area (Å²) in [6.45, 7) is 0. The fourth-order valence-corrected chi connectivity index (χ4v) is 2.58. The van der Waals surface area contributed by atoms with E-state index in [9.17, 15) is 23.2 Å². The number of nitrogens with zero attached hydrogens (tertiary/aromatic N) is 2. The van der Waals surface area contributed by atoms with E-state index in [1.54, 1.807) is 0 Å². The first-order chi connectivity index (χ1) is 14.2. The van der Waals surface area contributed by atoms with E-state index in [0.717, 1.165) is 6.20 Å². The summed E-state index contributed by atoms with van der Waals surface area (Å²) in [5, 5.41) is 13.8. The predicted octanol–water partition coefficient (Wildman–Crippen LogP) is 4.44. The molecule has 3 aromatic rings. The van der Waals surface area contributed by atoms with Gasteiger partial charge in [0.25, 0.3) is 5.91 Å². The minimum Gasteiger partial charge on any atom is -0.619 e. The van der Waals surface area contributed by atoms with Crippen molar-refractivity contribution in [2.24, 2.45) is 0 Å². The van der Waals surface area contributed by atoms with E-state index in [4.69, 9.17) is 21.1 Å². The third-order valence-corrected chi connectivity index (χ3v) is 4.10. The highest BCUT2D eigenvalue weighted by Gasteiger charge is 2.33. The third-order valence-electron chi connectivity index (χ3n) is 3.80. The summed E-state index contributed by atoms with van der Waals surface area (Å²) in [4.78, 5) is 16.3. The van der Waals surface area contributed by atoms with E-state index in [1.807, 2.05) is 0 Å². The number of aromatic nitrogens is 2. The average Bonchev–Trinajstić information content (AvgIpc) is 2.68. The highest BCUT2D eigenvalue weighted by Crippen LogP contribution is 2.35. The average molecular weight is 440 g/mol. The number of benzene rings is 1. The first-order valence-corrected chi connectivity index (χ1v) is 8.64. The molecule has 0 fully saturated rings. The maximum Gasteiger partial charge on any atom is 0.417 e. The number of hydrogen-bond donors (Lipinski definition) is 1. The number of carbonyl (C=O) groups excluding carboxylic acids is 1. The molecule has 0 aliphatic rings. The number of halogens is 4. The van der Waals surface area contributed by atoms with Crippen LogP contribution in [0.3, 0.4) is 0 Å². The molecule has 1 N–H and O–H groups in total. The lowest BCUT2D eigenvalue weighted by Crippen LogP contribution is -2.25. The Hall–Kier alpha value is -3.53. The molecule has 0 atom stereocenters. The molecule has 0 aliphatic carbocycles. The summed E-state index contributed by atoms with van der Waals surface area (Å²) >= 11 is 6.09. The van der Waals surface area contributed by atoms with Gasteiger partial charge in [0.05, 0.1) is 17.7 Å². The fourth-order valence-electron chi connectivity index (χ4n) is 2.37. The van der Waals surface area contributed by atoms with Crippen LogP contribution >= 0.6 is 11.6 Å². The Kier molecular flexibility index (Phi) is 5.97. The van der Waals surface area contributed by atoms with Gasteiger partial charge < -0.3 is 20.0 Å². The Balaban J connectivity index is 1.99. The van der Waals surface area contributed by atoms with Gasteiger partial charge >= 0.3 is 6.18 Å². The SMILES string of the molecule is COc1ccc(Oc2ncc(C(F)(F)F)cc2C(=O)Nc2ccc[n+]([O-])c2)c(Cl)c1. The van der Waals surface area contributed by atoms with Crippen LogP contribution in [0.2, 0.25) is 5.02 Å². The van der Waals surface area contributed by atoms with Crippen LogP contribution in [-0.4, -0.2) is 18.0 Å². The number of pyridine rings is 2. The quantitative estimate of drug-likeness (QED) is 0.469. The van der Waals surface area contributed by atoms with Crippen molar-refractivity contribution in [1.29, 1.82) is 0 Å². The standard InChI is InChI=1S/C19H13ClF3N3O4/c1-29-13-4-5-16(15(20)8-13)30-18-14(7-11(9-24-18)19(21,22)23)17(27)25-12-3-2-6-26(28)10-12/h2-10H,1H3,(H,25,27). The van der Waals surface area contributed by atoms with Crippen molar-refractivity contribution in [1.82, 2.24) is 4.98 Å². The van der Waals surface area contributed by atoms with Crippen LogP contribution in [0.1, 0.15) is 15.9 Å². The monoisotopic (exact) mass is 439 g/mol. The number of anilines is 1. The van der Waals surface area contributed by atoms with E-state index in [0.29, 0.717) is 22.7 Å². The van der Waals surface area contributed by atoms with Gasteiger partial charge in [0.1, 0.15) is 22.7 Å². The minimum absolute atomic E-state index is 0.0517. The Morgan fingerprint density at radius 2 is 2.03 bits per heavy atom. The molecule has 3 rings (SSSR count). The van der Waals surface area contributed by atoms with Crippen LogP contribution in [-0.2, 0) is 6.18 Å². The first-order valence-electron chi connectivity index (χ1n) is 8.26. The number of nitrogens with one attached hydrogen (secondary N) is 1. The van der Waals surface area contributed by atoms with Crippen molar-refractivity contribution in [2.75, 3.05) is 12.4 Å². The molecule has 11 heteroatoms. The van der Waals surface area contributed by atoms with E-state index < -0.39 is 29.1 Å². The summed E-state index contributed by atoms with van der Waals surface area (Å²) in [5.41, 5.74) is -1.57. The van der Waals surface area contributed by atoms with E-state index in [1.165, 1.54) is 43.6 Å². The highest BCUT2D eigenvalue weighted by atomic mass is 35.5. The molecule has 1 aromatic carbocycles. The molecular weight excluding hydrogens is 427 g/mol. The summed E-state index contributed by atoms with van der Waals surface area (Å²) in [6, 6.07) is 7.72. The second kappa shape index (κ2) is 8.46. The number of methoxy groups -OCH3 is 1. The summed E-state index contributed by atoms with van der Waals surface area (Å²) in [7, 11) is 1.43. The number of rotatable bonds is 5. The third kappa shape index (κ3) is 4.90. The lowest BCUT2D eigenvalue weighted by molar-refractivity contribution is -0.604. The van der Waals surface area contributed by atoms with Crippen LogP contribution in [0, 0.1) is 5.21 Å². The van der Waals surface area contributed by atoms with Crippen LogP contribution in [0.15, 0.2) is 55.0 Å². The van der Waals surface area contributed by atoms with Gasteiger partial charge in [-0.2, -0.15) is 17.9 Å². The largest absolute Gasteiger partial charge is 0.619 e. The van der Waals surface area contributed by atoms with Crippen molar-refractivity contribution in [3.63, 3.8) is 0 Å². The van der Waals surface area contributed by atoms with Crippen molar-refractivity contribution in [3.05, 3.63) is 76.3 Å². The van der Waals surface area contributed by atoms with Crippen molar-refractivity contribution >= 4 is 23.2 Å². The molecule has 0 bridgehead atoms. The molecule has 2 heterocycles. The maximum absolute atomic E-state index is 13.1. The van der Waals surface area contributed by atoms with Crippen LogP contribution in [0.5, 0.6) is 17.4 Å². The van der Waals surface area contributed by atoms with Crippen LogP contribution < -0.4 is 19.5 Å². The second-order valence-electron chi connectivity index (χ2n) is 5.88. The molecule has 156 valence electrons. The zero-order valence-electron chi connectivity index (χ0n) is 15.2. The molecule has 30 heavy (non-hydrogen) atoms. The van der Waals surface area contributed by atoms with E-state index >= 15 is 0 Å². The Labute approximate surface area is 173 Å². The minimum atomic E-state index is -4.73. The van der Waals surface area contributed by atoms with Gasteiger partial charge in [0, 0.05) is 18.3 Å². The van der Waals surface area contributed by atoms with Gasteiger partial charge in [-0.1, -0.05) is 11.6 Å². The smallest absolute Gasteiger partial charge is 0.417 e. The van der Waals surface area contributed by atoms with Gasteiger partial charge in [-0.25, -0.2) is 4.98 Å². The first kappa shape index (κ1) is 21.2. The normalized spacial score (nSPS) is 11.1. The summed E-state index contributed by atoms with van der Waals surface area (Å²) < 4.78 is 50.3. The Morgan fingerprint density at radius 3 is 2.67 bits per heavy atom. The Bertz CT molecular complexity index is 1090. The highest BCUT2D eigenvalue weighted by molar-refractivity contribution is 6.32. The zero-order chi connectivity index (χ0) is 21.9. The molecular formula is C19H13ClF3N3O4. The van der Waals surface area contributed by atoms with Crippen LogP contribution in [0.4, 0.5) is 18.9 Å². The molecule has 0 spiro atoms. The van der Waals surface area contributed by atoms with Crippen molar-refractivity contribution in [2.45, 2.75) is 6.18 Å². The number of amides is 1. The molecule has 0 saturated carbocycles. The molecule has 7 nitrogen and oxygen atoms in total. The fraction of sp³-hybridized carbons (Fsp3) is 0.105.